The summed E-state index contributed by atoms with van der Waals surface area (Å²) < 4.78 is 20.1. The highest BCUT2D eigenvalue weighted by Gasteiger charge is 2.19. The maximum Gasteiger partial charge on any atom is 0.260 e. The molecule has 3 heterocycles. The van der Waals surface area contributed by atoms with Crippen molar-refractivity contribution in [2.75, 3.05) is 45.2 Å². The molecule has 0 bridgehead atoms. The molecule has 1 aliphatic heterocycles. The van der Waals surface area contributed by atoms with Crippen molar-refractivity contribution in [2.45, 2.75) is 0 Å². The maximum absolute atomic E-state index is 14.3. The van der Waals surface area contributed by atoms with Gasteiger partial charge >= 0.3 is 0 Å². The highest BCUT2D eigenvalue weighted by atomic mass is 35.5. The smallest absolute Gasteiger partial charge is 0.260 e. The molecule has 10 heteroatoms. The molecular weight excluding hydrogens is 483 g/mol. The quantitative estimate of drug-likeness (QED) is 0.415. The number of amides is 1. The first-order valence-electron chi connectivity index (χ1n) is 11.5. The lowest BCUT2D eigenvalue weighted by molar-refractivity contribution is -0.134. The summed E-state index contributed by atoms with van der Waals surface area (Å²) in [5.41, 5.74) is 2.74. The zero-order chi connectivity index (χ0) is 25.1. The second-order valence-electron chi connectivity index (χ2n) is 8.59. The first-order valence-corrected chi connectivity index (χ1v) is 11.9. The second-order valence-corrected chi connectivity index (χ2v) is 9.03. The third-order valence-corrected chi connectivity index (χ3v) is 6.31. The Bertz CT molecular complexity index is 1410. The van der Waals surface area contributed by atoms with Gasteiger partial charge in [-0.05, 0) is 49.5 Å². The van der Waals surface area contributed by atoms with Gasteiger partial charge in [0.25, 0.3) is 5.91 Å². The molecule has 1 saturated heterocycles. The van der Waals surface area contributed by atoms with E-state index in [1.54, 1.807) is 24.5 Å². The average molecular weight is 507 g/mol. The van der Waals surface area contributed by atoms with E-state index in [2.05, 4.69) is 25.4 Å². The van der Waals surface area contributed by atoms with Crippen molar-refractivity contribution in [1.29, 1.82) is 0 Å². The largest absolute Gasteiger partial charge is 0.484 e. The van der Waals surface area contributed by atoms with Gasteiger partial charge in [-0.2, -0.15) is 10.2 Å². The minimum absolute atomic E-state index is 0.0152. The van der Waals surface area contributed by atoms with Crippen LogP contribution in [0.4, 0.5) is 15.8 Å². The van der Waals surface area contributed by atoms with E-state index in [0.717, 1.165) is 24.2 Å². The maximum atomic E-state index is 14.3. The molecule has 0 spiro atoms. The van der Waals surface area contributed by atoms with Crippen LogP contribution in [0.3, 0.4) is 0 Å². The zero-order valence-corrected chi connectivity index (χ0v) is 20.4. The normalized spacial score (nSPS) is 14.1. The van der Waals surface area contributed by atoms with Crippen LogP contribution in [0, 0.1) is 5.82 Å². The monoisotopic (exact) mass is 506 g/mol. The van der Waals surface area contributed by atoms with Crippen LogP contribution in [0.15, 0.2) is 60.9 Å². The fourth-order valence-corrected chi connectivity index (χ4v) is 4.21. The number of pyridine rings is 1. The number of nitrogens with one attached hydrogen (secondary N) is 1. The number of nitrogens with zero attached hydrogens (tertiary/aromatic N) is 5. The second kappa shape index (κ2) is 10.4. The first kappa shape index (κ1) is 23.9. The number of ether oxygens (including phenoxy) is 1. The zero-order valence-electron chi connectivity index (χ0n) is 19.6. The van der Waals surface area contributed by atoms with E-state index in [9.17, 15) is 9.18 Å². The summed E-state index contributed by atoms with van der Waals surface area (Å²) in [7, 11) is 2.05. The molecule has 2 aromatic carbocycles. The third-order valence-electron chi connectivity index (χ3n) is 6.07. The molecule has 36 heavy (non-hydrogen) atoms. The molecule has 0 aliphatic carbocycles. The van der Waals surface area contributed by atoms with Gasteiger partial charge in [-0.15, -0.1) is 0 Å². The topological polar surface area (TPSA) is 83.5 Å². The van der Waals surface area contributed by atoms with E-state index in [4.69, 9.17) is 16.3 Å². The predicted molar refractivity (Wildman–Crippen MR) is 137 cm³/mol. The van der Waals surface area contributed by atoms with Crippen molar-refractivity contribution < 1.29 is 13.9 Å². The Kier molecular flexibility index (Phi) is 6.92. The van der Waals surface area contributed by atoms with E-state index in [1.165, 1.54) is 18.2 Å². The minimum Gasteiger partial charge on any atom is -0.484 e. The molecule has 8 nitrogen and oxygen atoms in total. The summed E-state index contributed by atoms with van der Waals surface area (Å²) in [6, 6.07) is 13.3. The van der Waals surface area contributed by atoms with Crippen molar-refractivity contribution >= 4 is 39.8 Å². The Morgan fingerprint density at radius 3 is 2.78 bits per heavy atom. The van der Waals surface area contributed by atoms with Crippen LogP contribution in [0.5, 0.6) is 5.75 Å². The van der Waals surface area contributed by atoms with Gasteiger partial charge in [0, 0.05) is 60.1 Å². The summed E-state index contributed by atoms with van der Waals surface area (Å²) >= 11 is 6.03. The molecular formula is C26H24ClFN6O2. The van der Waals surface area contributed by atoms with Gasteiger partial charge in [-0.3, -0.25) is 9.78 Å². The Hall–Kier alpha value is -3.82. The number of anilines is 2. The number of piperazine rings is 1. The lowest BCUT2D eigenvalue weighted by atomic mass is 10.1. The number of aromatic nitrogens is 3. The summed E-state index contributed by atoms with van der Waals surface area (Å²) in [6.07, 6.45) is 3.23. The number of carbonyl (C=O) groups is 1. The fraction of sp³-hybridized carbons (Fsp3) is 0.231. The predicted octanol–water partition coefficient (Wildman–Crippen LogP) is 4.38. The summed E-state index contributed by atoms with van der Waals surface area (Å²) in [6.45, 7) is 3.14. The van der Waals surface area contributed by atoms with Crippen molar-refractivity contribution in [2.24, 2.45) is 0 Å². The Labute approximate surface area is 212 Å². The number of hydrogen-bond acceptors (Lipinski definition) is 7. The van der Waals surface area contributed by atoms with Gasteiger partial charge in [0.1, 0.15) is 11.6 Å². The molecule has 184 valence electrons. The van der Waals surface area contributed by atoms with Crippen molar-refractivity contribution in [3.05, 3.63) is 71.8 Å². The molecule has 2 aromatic heterocycles. The SMILES string of the molecule is CN1CCN(C(=O)COc2ccc3c(Nc4cnnc(-c5cc(Cl)ccc5F)c4)ccnc3c2)CC1. The van der Waals surface area contributed by atoms with Gasteiger partial charge in [0.15, 0.2) is 6.61 Å². The number of rotatable bonds is 6. The standard InChI is InChI=1S/C26H24ClFN6O2/c1-33-8-10-34(11-9-33)26(35)16-36-19-3-4-20-23(6-7-29-24(20)14-19)31-18-13-25(32-30-15-18)21-12-17(27)2-5-22(21)28/h2-7,12-15H,8-11,16H2,1H3,(H,29,31,32). The van der Waals surface area contributed by atoms with Crippen LogP contribution < -0.4 is 10.1 Å². The fourth-order valence-electron chi connectivity index (χ4n) is 4.03. The van der Waals surface area contributed by atoms with E-state index in [1.807, 2.05) is 30.1 Å². The molecule has 0 unspecified atom stereocenters. The van der Waals surface area contributed by atoms with Crippen LogP contribution in [0.1, 0.15) is 0 Å². The third kappa shape index (κ3) is 5.37. The molecule has 1 fully saturated rings. The van der Waals surface area contributed by atoms with Crippen LogP contribution in [-0.4, -0.2) is 70.7 Å². The summed E-state index contributed by atoms with van der Waals surface area (Å²) in [5.74, 6) is 0.112. The number of likely N-dealkylation sites (N-methyl/N-ethyl adjacent to an activating group) is 1. The lowest BCUT2D eigenvalue weighted by Gasteiger charge is -2.32. The van der Waals surface area contributed by atoms with Gasteiger partial charge in [0.2, 0.25) is 0 Å². The van der Waals surface area contributed by atoms with Crippen molar-refractivity contribution in [3.63, 3.8) is 0 Å². The molecule has 0 saturated carbocycles. The molecule has 1 N–H and O–H groups in total. The van der Waals surface area contributed by atoms with E-state index < -0.39 is 5.82 Å². The van der Waals surface area contributed by atoms with Gasteiger partial charge in [-0.25, -0.2) is 4.39 Å². The number of halogens is 2. The minimum atomic E-state index is -0.432. The van der Waals surface area contributed by atoms with Crippen LogP contribution in [-0.2, 0) is 4.79 Å². The van der Waals surface area contributed by atoms with E-state index in [-0.39, 0.29) is 18.1 Å². The van der Waals surface area contributed by atoms with Crippen molar-refractivity contribution in [3.8, 4) is 17.0 Å². The number of hydrogen-bond donors (Lipinski definition) is 1. The van der Waals surface area contributed by atoms with E-state index in [0.29, 0.717) is 40.8 Å². The molecule has 1 amide bonds. The number of carbonyl (C=O) groups excluding carboxylic acids is 1. The number of benzene rings is 2. The molecule has 5 rings (SSSR count). The number of fused-ring (bicyclic) bond motifs is 1. The van der Waals surface area contributed by atoms with Crippen LogP contribution in [0.2, 0.25) is 5.02 Å². The van der Waals surface area contributed by atoms with E-state index >= 15 is 0 Å². The summed E-state index contributed by atoms with van der Waals surface area (Å²) in [4.78, 5) is 21.0. The molecule has 0 atom stereocenters. The highest BCUT2D eigenvalue weighted by molar-refractivity contribution is 6.30. The van der Waals surface area contributed by atoms with Gasteiger partial charge in [0.05, 0.1) is 23.1 Å². The van der Waals surface area contributed by atoms with Gasteiger partial charge in [-0.1, -0.05) is 11.6 Å². The Morgan fingerprint density at radius 1 is 1.11 bits per heavy atom. The molecule has 1 aliphatic rings. The molecule has 4 aromatic rings. The van der Waals surface area contributed by atoms with Crippen LogP contribution >= 0.6 is 11.6 Å². The average Bonchev–Trinajstić information content (AvgIpc) is 2.89. The Balaban J connectivity index is 1.31. The lowest BCUT2D eigenvalue weighted by Crippen LogP contribution is -2.48. The highest BCUT2D eigenvalue weighted by Crippen LogP contribution is 2.30. The summed E-state index contributed by atoms with van der Waals surface area (Å²) in [5, 5.41) is 12.6. The first-order chi connectivity index (χ1) is 17.5. The Morgan fingerprint density at radius 2 is 1.94 bits per heavy atom. The van der Waals surface area contributed by atoms with Crippen molar-refractivity contribution in [1.82, 2.24) is 25.0 Å². The van der Waals surface area contributed by atoms with Crippen LogP contribution in [0.25, 0.3) is 22.2 Å². The van der Waals surface area contributed by atoms with Gasteiger partial charge < -0.3 is 19.9 Å². The molecule has 0 radical (unpaired) electrons.